The molecule has 0 radical (unpaired) electrons. The highest BCUT2D eigenvalue weighted by Gasteiger charge is 1.99. The van der Waals surface area contributed by atoms with Crippen LogP contribution in [0.4, 0.5) is 0 Å². The Morgan fingerprint density at radius 1 is 1.70 bits per heavy atom. The predicted molar refractivity (Wildman–Crippen MR) is 43.2 cm³/mol. The molecule has 0 aromatic rings. The highest BCUT2D eigenvalue weighted by molar-refractivity contribution is 6.20. The second-order valence-corrected chi connectivity index (χ2v) is 2.58. The van der Waals surface area contributed by atoms with Gasteiger partial charge in [0.05, 0.1) is 0 Å². The Hall–Kier alpha value is -0.480. The van der Waals surface area contributed by atoms with Crippen LogP contribution in [0.25, 0.3) is 0 Å². The van der Waals surface area contributed by atoms with E-state index in [1.807, 2.05) is 0 Å². The van der Waals surface area contributed by atoms with Crippen molar-refractivity contribution < 1.29 is 0 Å². The fourth-order valence-electron chi connectivity index (χ4n) is 0.481. The molecular weight excluding hydrogens is 152 g/mol. The van der Waals surface area contributed by atoms with Gasteiger partial charge >= 0.3 is 0 Å². The molecule has 5 heteroatoms. The summed E-state index contributed by atoms with van der Waals surface area (Å²) in [5, 5.41) is 9.40. The molecule has 0 aliphatic carbocycles. The van der Waals surface area contributed by atoms with Crippen molar-refractivity contribution in [3.8, 4) is 0 Å². The first kappa shape index (κ1) is 9.52. The summed E-state index contributed by atoms with van der Waals surface area (Å²) in [6.45, 7) is 1.07. The molecule has 1 unspecified atom stereocenters. The van der Waals surface area contributed by atoms with Crippen molar-refractivity contribution in [1.82, 2.24) is 5.32 Å². The summed E-state index contributed by atoms with van der Waals surface area (Å²) in [6.07, 6.45) is 0.734. The van der Waals surface area contributed by atoms with E-state index in [0.717, 1.165) is 6.42 Å². The lowest BCUT2D eigenvalue weighted by Crippen LogP contribution is -2.32. The van der Waals surface area contributed by atoms with E-state index in [2.05, 4.69) is 5.32 Å². The van der Waals surface area contributed by atoms with Crippen LogP contribution >= 0.6 is 11.6 Å². The molecule has 1 atom stereocenters. The van der Waals surface area contributed by atoms with Crippen LogP contribution in [0.2, 0.25) is 0 Å². The second-order valence-electron chi connectivity index (χ2n) is 1.96. The van der Waals surface area contributed by atoms with Gasteiger partial charge in [0, 0.05) is 18.5 Å². The number of halogens is 1. The van der Waals surface area contributed by atoms with Crippen molar-refractivity contribution in [3.63, 3.8) is 0 Å². The molecule has 0 saturated carbocycles. The van der Waals surface area contributed by atoms with Gasteiger partial charge in [-0.1, -0.05) is 0 Å². The van der Waals surface area contributed by atoms with Crippen molar-refractivity contribution in [2.24, 2.45) is 11.5 Å². The average Bonchev–Trinajstić information content (AvgIpc) is 1.87. The summed E-state index contributed by atoms with van der Waals surface area (Å²) in [7, 11) is 0. The molecule has 10 heavy (non-hydrogen) atoms. The number of hydrogen-bond donors (Lipinski definition) is 4. The first-order valence-electron chi connectivity index (χ1n) is 3.09. The number of rotatable bonds is 4. The zero-order valence-electron chi connectivity index (χ0n) is 5.73. The average molecular weight is 165 g/mol. The minimum Gasteiger partial charge on any atom is -0.370 e. The third-order valence-electron chi connectivity index (χ3n) is 1.03. The maximum absolute atomic E-state index is 6.79. The van der Waals surface area contributed by atoms with Crippen molar-refractivity contribution >= 4 is 17.6 Å². The molecule has 0 rings (SSSR count). The van der Waals surface area contributed by atoms with E-state index in [-0.39, 0.29) is 11.3 Å². The van der Waals surface area contributed by atoms with Gasteiger partial charge in [-0.3, -0.25) is 5.41 Å². The molecule has 0 aliphatic rings. The van der Waals surface area contributed by atoms with Crippen LogP contribution in [0.3, 0.4) is 0 Å². The summed E-state index contributed by atoms with van der Waals surface area (Å²) in [4.78, 5) is 0. The van der Waals surface area contributed by atoms with Crippen molar-refractivity contribution in [2.75, 3.05) is 13.1 Å². The van der Waals surface area contributed by atoms with E-state index in [9.17, 15) is 0 Å². The van der Waals surface area contributed by atoms with E-state index >= 15 is 0 Å². The van der Waals surface area contributed by atoms with Gasteiger partial charge in [0.15, 0.2) is 5.96 Å². The smallest absolute Gasteiger partial charge is 0.185 e. The Morgan fingerprint density at radius 2 is 2.30 bits per heavy atom. The molecule has 0 spiro atoms. The van der Waals surface area contributed by atoms with Crippen LogP contribution in [0.5, 0.6) is 0 Å². The molecule has 0 bridgehead atoms. The fourth-order valence-corrected chi connectivity index (χ4v) is 0.590. The second kappa shape index (κ2) is 5.32. The Bertz CT molecular complexity index is 106. The molecule has 0 aromatic heterocycles. The van der Waals surface area contributed by atoms with E-state index in [4.69, 9.17) is 28.5 Å². The number of alkyl halides is 1. The molecule has 60 valence electrons. The van der Waals surface area contributed by atoms with Gasteiger partial charge in [-0.2, -0.15) is 0 Å². The molecule has 0 aromatic carbocycles. The Morgan fingerprint density at radius 3 is 2.70 bits per heavy atom. The predicted octanol–water partition coefficient (Wildman–Crippen LogP) is -0.574. The maximum atomic E-state index is 6.79. The SMILES string of the molecule is N=C(N)NCCC(Cl)CN. The topological polar surface area (TPSA) is 87.9 Å². The monoisotopic (exact) mass is 164 g/mol. The van der Waals surface area contributed by atoms with Crippen LogP contribution in [-0.4, -0.2) is 24.4 Å². The van der Waals surface area contributed by atoms with Crippen molar-refractivity contribution in [3.05, 3.63) is 0 Å². The highest BCUT2D eigenvalue weighted by atomic mass is 35.5. The minimum atomic E-state index is -0.0270. The molecular formula is C5H13ClN4. The van der Waals surface area contributed by atoms with Gasteiger partial charge in [0.2, 0.25) is 0 Å². The molecule has 6 N–H and O–H groups in total. The molecule has 0 aliphatic heterocycles. The molecule has 0 saturated heterocycles. The fraction of sp³-hybridized carbons (Fsp3) is 0.800. The standard InChI is InChI=1S/C5H13ClN4/c6-4(3-7)1-2-10-5(8)9/h4H,1-3,7H2,(H4,8,9,10). The zero-order valence-corrected chi connectivity index (χ0v) is 6.49. The lowest BCUT2D eigenvalue weighted by Gasteiger charge is -2.06. The van der Waals surface area contributed by atoms with E-state index in [0.29, 0.717) is 13.1 Å². The Balaban J connectivity index is 3.11. The largest absolute Gasteiger partial charge is 0.370 e. The highest BCUT2D eigenvalue weighted by Crippen LogP contribution is 1.96. The molecule has 0 amide bonds. The van der Waals surface area contributed by atoms with Crippen molar-refractivity contribution in [1.29, 1.82) is 5.41 Å². The van der Waals surface area contributed by atoms with Gasteiger partial charge < -0.3 is 16.8 Å². The number of guanidine groups is 1. The van der Waals surface area contributed by atoms with Crippen molar-refractivity contribution in [2.45, 2.75) is 11.8 Å². The van der Waals surface area contributed by atoms with Crippen LogP contribution < -0.4 is 16.8 Å². The van der Waals surface area contributed by atoms with Gasteiger partial charge in [0.1, 0.15) is 0 Å². The lowest BCUT2D eigenvalue weighted by molar-refractivity contribution is 0.721. The molecule has 4 nitrogen and oxygen atoms in total. The van der Waals surface area contributed by atoms with E-state index in [1.165, 1.54) is 0 Å². The zero-order chi connectivity index (χ0) is 7.98. The summed E-state index contributed by atoms with van der Waals surface area (Å²) >= 11 is 5.67. The lowest BCUT2D eigenvalue weighted by atomic mass is 10.3. The third kappa shape index (κ3) is 5.65. The van der Waals surface area contributed by atoms with E-state index < -0.39 is 0 Å². The van der Waals surface area contributed by atoms with Gasteiger partial charge in [0.25, 0.3) is 0 Å². The van der Waals surface area contributed by atoms with Gasteiger partial charge in [-0.25, -0.2) is 0 Å². The summed E-state index contributed by atoms with van der Waals surface area (Å²) in [6, 6.07) is 0. The van der Waals surface area contributed by atoms with Crippen LogP contribution in [0.15, 0.2) is 0 Å². The number of nitrogens with one attached hydrogen (secondary N) is 2. The van der Waals surface area contributed by atoms with Gasteiger partial charge in [-0.15, -0.1) is 11.6 Å². The Kier molecular flexibility index (Phi) is 5.06. The first-order valence-corrected chi connectivity index (χ1v) is 3.52. The Labute approximate surface area is 65.4 Å². The third-order valence-corrected chi connectivity index (χ3v) is 1.43. The van der Waals surface area contributed by atoms with Crippen LogP contribution in [0.1, 0.15) is 6.42 Å². The number of nitrogens with two attached hydrogens (primary N) is 2. The minimum absolute atomic E-state index is 0.0214. The first-order chi connectivity index (χ1) is 4.66. The van der Waals surface area contributed by atoms with E-state index in [1.54, 1.807) is 0 Å². The normalized spacial score (nSPS) is 12.6. The quantitative estimate of drug-likeness (QED) is 0.255. The maximum Gasteiger partial charge on any atom is 0.185 e. The van der Waals surface area contributed by atoms with Crippen LogP contribution in [0, 0.1) is 5.41 Å². The van der Waals surface area contributed by atoms with Crippen LogP contribution in [-0.2, 0) is 0 Å². The number of hydrogen-bond acceptors (Lipinski definition) is 2. The summed E-state index contributed by atoms with van der Waals surface area (Å²) < 4.78 is 0. The molecule has 0 fully saturated rings. The van der Waals surface area contributed by atoms with Gasteiger partial charge in [-0.05, 0) is 6.42 Å². The molecule has 0 heterocycles. The summed E-state index contributed by atoms with van der Waals surface area (Å²) in [5.41, 5.74) is 10.3. The summed E-state index contributed by atoms with van der Waals surface area (Å²) in [5.74, 6) is -0.0270.